The van der Waals surface area contributed by atoms with Gasteiger partial charge in [-0.05, 0) is 31.4 Å². The molecule has 0 radical (unpaired) electrons. The summed E-state index contributed by atoms with van der Waals surface area (Å²) in [5.41, 5.74) is 0.721. The minimum absolute atomic E-state index is 0.185. The van der Waals surface area contributed by atoms with Crippen molar-refractivity contribution >= 4 is 12.0 Å². The summed E-state index contributed by atoms with van der Waals surface area (Å²) >= 11 is 0. The van der Waals surface area contributed by atoms with Crippen LogP contribution in [-0.4, -0.2) is 28.1 Å². The van der Waals surface area contributed by atoms with Crippen molar-refractivity contribution in [2.45, 2.75) is 39.3 Å². The van der Waals surface area contributed by atoms with Gasteiger partial charge in [-0.15, -0.1) is 0 Å². The van der Waals surface area contributed by atoms with Crippen LogP contribution in [0.15, 0.2) is 24.4 Å². The number of aromatic nitrogens is 1. The van der Waals surface area contributed by atoms with Crippen LogP contribution in [0.4, 0.5) is 4.79 Å². The molecule has 1 aromatic heterocycles. The van der Waals surface area contributed by atoms with Crippen molar-refractivity contribution in [3.8, 4) is 0 Å². The van der Waals surface area contributed by atoms with Crippen LogP contribution in [0, 0.1) is 5.92 Å². The first-order valence-corrected chi connectivity index (χ1v) is 6.61. The molecule has 0 aliphatic carbocycles. The van der Waals surface area contributed by atoms with E-state index in [1.165, 1.54) is 0 Å². The first-order chi connectivity index (χ1) is 9.40. The van der Waals surface area contributed by atoms with Gasteiger partial charge in [0.05, 0.1) is 11.7 Å². The molecule has 0 aliphatic rings. The molecule has 2 amide bonds. The number of carboxylic acids is 1. The highest BCUT2D eigenvalue weighted by Gasteiger charge is 2.21. The second-order valence-corrected chi connectivity index (χ2v) is 5.11. The lowest BCUT2D eigenvalue weighted by Gasteiger charge is -2.19. The summed E-state index contributed by atoms with van der Waals surface area (Å²) in [7, 11) is 0. The molecule has 1 rings (SSSR count). The van der Waals surface area contributed by atoms with Crippen molar-refractivity contribution in [3.63, 3.8) is 0 Å². The molecule has 0 fully saturated rings. The number of hydrogen-bond acceptors (Lipinski definition) is 3. The van der Waals surface area contributed by atoms with Crippen molar-refractivity contribution in [1.82, 2.24) is 15.6 Å². The van der Waals surface area contributed by atoms with Crippen LogP contribution in [0.1, 0.15) is 38.9 Å². The van der Waals surface area contributed by atoms with Gasteiger partial charge in [-0.1, -0.05) is 19.9 Å². The van der Waals surface area contributed by atoms with Crippen molar-refractivity contribution in [2.24, 2.45) is 5.92 Å². The van der Waals surface area contributed by atoms with Crippen LogP contribution in [0.25, 0.3) is 0 Å². The van der Waals surface area contributed by atoms with Crippen molar-refractivity contribution < 1.29 is 14.7 Å². The van der Waals surface area contributed by atoms with E-state index >= 15 is 0 Å². The zero-order valence-corrected chi connectivity index (χ0v) is 12.0. The number of carboxylic acid groups (broad SMARTS) is 1. The lowest BCUT2D eigenvalue weighted by atomic mass is 10.0. The molecule has 110 valence electrons. The van der Waals surface area contributed by atoms with E-state index in [2.05, 4.69) is 15.6 Å². The van der Waals surface area contributed by atoms with Gasteiger partial charge >= 0.3 is 12.0 Å². The van der Waals surface area contributed by atoms with E-state index in [1.54, 1.807) is 25.3 Å². The summed E-state index contributed by atoms with van der Waals surface area (Å²) in [4.78, 5) is 27.0. The maximum Gasteiger partial charge on any atom is 0.326 e. The Bertz CT molecular complexity index is 448. The number of aliphatic carboxylic acids is 1. The Kier molecular flexibility index (Phi) is 5.96. The molecule has 0 saturated carbocycles. The number of carbonyl (C=O) groups excluding carboxylic acids is 1. The molecule has 6 nitrogen and oxygen atoms in total. The minimum Gasteiger partial charge on any atom is -0.480 e. The highest BCUT2D eigenvalue weighted by molar-refractivity contribution is 5.82. The molecular weight excluding hydrogens is 258 g/mol. The van der Waals surface area contributed by atoms with E-state index in [9.17, 15) is 9.59 Å². The van der Waals surface area contributed by atoms with Crippen LogP contribution >= 0.6 is 0 Å². The van der Waals surface area contributed by atoms with Gasteiger partial charge in [0, 0.05) is 6.20 Å². The van der Waals surface area contributed by atoms with Crippen LogP contribution in [-0.2, 0) is 4.79 Å². The van der Waals surface area contributed by atoms with Crippen LogP contribution in [0.3, 0.4) is 0 Å². The van der Waals surface area contributed by atoms with Gasteiger partial charge in [-0.3, -0.25) is 4.98 Å². The summed E-state index contributed by atoms with van der Waals surface area (Å²) < 4.78 is 0. The largest absolute Gasteiger partial charge is 0.480 e. The number of urea groups is 1. The molecule has 1 heterocycles. The van der Waals surface area contributed by atoms with E-state index in [4.69, 9.17) is 5.11 Å². The predicted octanol–water partition coefficient (Wildman–Crippen LogP) is 1.94. The Labute approximate surface area is 118 Å². The highest BCUT2D eigenvalue weighted by Crippen LogP contribution is 2.08. The Morgan fingerprint density at radius 3 is 2.45 bits per heavy atom. The molecule has 6 heteroatoms. The predicted molar refractivity (Wildman–Crippen MR) is 75.2 cm³/mol. The SMILES string of the molecule is CC(C)C[C@H](NC(=O)NC(C)c1ccccn1)C(=O)O. The van der Waals surface area contributed by atoms with E-state index < -0.39 is 18.0 Å². The van der Waals surface area contributed by atoms with Crippen LogP contribution in [0.5, 0.6) is 0 Å². The van der Waals surface area contributed by atoms with Gasteiger partial charge in [-0.2, -0.15) is 0 Å². The molecule has 0 aromatic carbocycles. The molecule has 1 unspecified atom stereocenters. The number of hydrogen-bond donors (Lipinski definition) is 3. The minimum atomic E-state index is -1.03. The first kappa shape index (κ1) is 15.9. The second-order valence-electron chi connectivity index (χ2n) is 5.11. The topological polar surface area (TPSA) is 91.3 Å². The van der Waals surface area contributed by atoms with Gasteiger partial charge in [-0.25, -0.2) is 9.59 Å². The molecule has 0 saturated heterocycles. The maximum atomic E-state index is 11.8. The zero-order valence-electron chi connectivity index (χ0n) is 12.0. The molecule has 20 heavy (non-hydrogen) atoms. The van der Waals surface area contributed by atoms with Gasteiger partial charge in [0.25, 0.3) is 0 Å². The fraction of sp³-hybridized carbons (Fsp3) is 0.500. The van der Waals surface area contributed by atoms with E-state index in [0.717, 1.165) is 5.69 Å². The van der Waals surface area contributed by atoms with Gasteiger partial charge in [0.15, 0.2) is 0 Å². The maximum absolute atomic E-state index is 11.8. The van der Waals surface area contributed by atoms with E-state index in [1.807, 2.05) is 19.9 Å². The average molecular weight is 279 g/mol. The molecule has 1 aromatic rings. The fourth-order valence-corrected chi connectivity index (χ4v) is 1.80. The summed E-state index contributed by atoms with van der Waals surface area (Å²) in [6, 6.07) is 3.75. The zero-order chi connectivity index (χ0) is 15.1. The number of nitrogens with zero attached hydrogens (tertiary/aromatic N) is 1. The second kappa shape index (κ2) is 7.47. The lowest BCUT2D eigenvalue weighted by molar-refractivity contribution is -0.139. The van der Waals surface area contributed by atoms with Gasteiger partial charge < -0.3 is 15.7 Å². The summed E-state index contributed by atoms with van der Waals surface area (Å²) in [5.74, 6) is -0.844. The summed E-state index contributed by atoms with van der Waals surface area (Å²) in [5, 5.41) is 14.2. The Morgan fingerprint density at radius 2 is 1.95 bits per heavy atom. The molecule has 3 N–H and O–H groups in total. The van der Waals surface area contributed by atoms with Crippen LogP contribution in [0.2, 0.25) is 0 Å². The van der Waals surface area contributed by atoms with Crippen molar-refractivity contribution in [2.75, 3.05) is 0 Å². The van der Waals surface area contributed by atoms with Crippen molar-refractivity contribution in [3.05, 3.63) is 30.1 Å². The van der Waals surface area contributed by atoms with E-state index in [-0.39, 0.29) is 12.0 Å². The van der Waals surface area contributed by atoms with E-state index in [0.29, 0.717) is 6.42 Å². The third-order valence-corrected chi connectivity index (χ3v) is 2.79. The fourth-order valence-electron chi connectivity index (χ4n) is 1.80. The summed E-state index contributed by atoms with van der Waals surface area (Å²) in [6.45, 7) is 5.61. The Morgan fingerprint density at radius 1 is 1.25 bits per heavy atom. The molecule has 2 atom stereocenters. The third-order valence-electron chi connectivity index (χ3n) is 2.79. The van der Waals surface area contributed by atoms with Crippen molar-refractivity contribution in [1.29, 1.82) is 0 Å². The number of pyridine rings is 1. The standard InChI is InChI=1S/C14H21N3O3/c1-9(2)8-12(13(18)19)17-14(20)16-10(3)11-6-4-5-7-15-11/h4-7,9-10,12H,8H2,1-3H3,(H,18,19)(H2,16,17,20)/t10?,12-/m0/s1. The number of nitrogens with one attached hydrogen (secondary N) is 2. The highest BCUT2D eigenvalue weighted by atomic mass is 16.4. The molecular formula is C14H21N3O3. The molecule has 0 bridgehead atoms. The van der Waals surface area contributed by atoms with Gasteiger partial charge in [0.1, 0.15) is 6.04 Å². The quantitative estimate of drug-likeness (QED) is 0.742. The Balaban J connectivity index is 2.55. The summed E-state index contributed by atoms with van der Waals surface area (Å²) in [6.07, 6.45) is 2.03. The monoisotopic (exact) mass is 279 g/mol. The smallest absolute Gasteiger partial charge is 0.326 e. The third kappa shape index (κ3) is 5.26. The van der Waals surface area contributed by atoms with Gasteiger partial charge in [0.2, 0.25) is 0 Å². The molecule has 0 spiro atoms. The number of amides is 2. The first-order valence-electron chi connectivity index (χ1n) is 6.61. The normalized spacial score (nSPS) is 13.6. The molecule has 0 aliphatic heterocycles. The van der Waals surface area contributed by atoms with Crippen LogP contribution < -0.4 is 10.6 Å². The number of carbonyl (C=O) groups is 2. The average Bonchev–Trinajstić information content (AvgIpc) is 2.38. The lowest BCUT2D eigenvalue weighted by Crippen LogP contribution is -2.47. The number of rotatable bonds is 6. The Hall–Kier alpha value is -2.11.